The van der Waals surface area contributed by atoms with E-state index in [1.54, 1.807) is 29.0 Å². The molecule has 1 aromatic carbocycles. The minimum absolute atomic E-state index is 0.130. The maximum absolute atomic E-state index is 12.2. The highest BCUT2D eigenvalue weighted by molar-refractivity contribution is 5.43. The Labute approximate surface area is 130 Å². The molecule has 2 aromatic rings. The van der Waals surface area contributed by atoms with Gasteiger partial charge in [0.05, 0.1) is 13.2 Å². The normalized spacial score (nSPS) is 10.4. The molecule has 2 rings (SSSR count). The molecule has 1 heterocycles. The molecule has 0 aliphatic carbocycles. The Morgan fingerprint density at radius 2 is 2.00 bits per heavy atom. The van der Waals surface area contributed by atoms with Crippen LogP contribution in [0.15, 0.2) is 47.4 Å². The lowest BCUT2D eigenvalue weighted by atomic mass is 10.3. The molecular weight excluding hydrogens is 280 g/mol. The van der Waals surface area contributed by atoms with Crippen LogP contribution >= 0.6 is 0 Å². The van der Waals surface area contributed by atoms with Crippen molar-refractivity contribution in [3.8, 4) is 11.5 Å². The average Bonchev–Trinajstić information content (AvgIpc) is 2.51. The van der Waals surface area contributed by atoms with Crippen molar-refractivity contribution in [2.45, 2.75) is 26.3 Å². The first-order valence-electron chi connectivity index (χ1n) is 7.51. The second-order valence-electron chi connectivity index (χ2n) is 4.99. The van der Waals surface area contributed by atoms with Crippen LogP contribution in [0.3, 0.4) is 0 Å². The number of benzene rings is 1. The molecule has 0 atom stereocenters. The molecule has 0 aliphatic rings. The topological polar surface area (TPSA) is 66.5 Å². The minimum atomic E-state index is -0.130. The average molecular weight is 302 g/mol. The van der Waals surface area contributed by atoms with Gasteiger partial charge in [0, 0.05) is 18.0 Å². The highest BCUT2D eigenvalue weighted by Gasteiger charge is 2.04. The molecule has 2 N–H and O–H groups in total. The van der Waals surface area contributed by atoms with Gasteiger partial charge in [-0.15, -0.1) is 0 Å². The van der Waals surface area contributed by atoms with Gasteiger partial charge in [0.1, 0.15) is 12.4 Å². The number of nitrogens with zero attached hydrogens (tertiary/aromatic N) is 1. The van der Waals surface area contributed by atoms with Crippen LogP contribution in [0.4, 0.5) is 5.69 Å². The number of anilines is 1. The van der Waals surface area contributed by atoms with Crippen molar-refractivity contribution >= 4 is 5.69 Å². The van der Waals surface area contributed by atoms with Gasteiger partial charge in [0.15, 0.2) is 5.75 Å². The first-order chi connectivity index (χ1) is 10.7. The molecule has 0 saturated heterocycles. The molecule has 118 valence electrons. The quantitative estimate of drug-likeness (QED) is 0.601. The summed E-state index contributed by atoms with van der Waals surface area (Å²) >= 11 is 0. The Morgan fingerprint density at radius 1 is 1.14 bits per heavy atom. The number of unbranched alkanes of at least 4 members (excludes halogenated alkanes) is 1. The maximum Gasteiger partial charge on any atom is 0.292 e. The third-order valence-electron chi connectivity index (χ3n) is 3.20. The second kappa shape index (κ2) is 8.12. The van der Waals surface area contributed by atoms with E-state index in [2.05, 4.69) is 6.92 Å². The van der Waals surface area contributed by atoms with Crippen molar-refractivity contribution in [1.82, 2.24) is 4.57 Å². The lowest BCUT2D eigenvalue weighted by Crippen LogP contribution is -2.24. The lowest BCUT2D eigenvalue weighted by molar-refractivity contribution is 0.285. The van der Waals surface area contributed by atoms with Crippen molar-refractivity contribution in [3.63, 3.8) is 0 Å². The van der Waals surface area contributed by atoms with E-state index in [1.165, 1.54) is 0 Å². The Balaban J connectivity index is 1.92. The summed E-state index contributed by atoms with van der Waals surface area (Å²) < 4.78 is 12.7. The van der Waals surface area contributed by atoms with E-state index >= 15 is 0 Å². The van der Waals surface area contributed by atoms with Crippen molar-refractivity contribution in [1.29, 1.82) is 0 Å². The van der Waals surface area contributed by atoms with E-state index in [-0.39, 0.29) is 5.56 Å². The van der Waals surface area contributed by atoms with Gasteiger partial charge in [-0.25, -0.2) is 0 Å². The molecule has 1 aromatic heterocycles. The largest absolute Gasteiger partial charge is 0.492 e. The SMILES string of the molecule is CCCCOc1cccn(CCOc2cccc(N)c2)c1=O. The molecule has 0 aliphatic heterocycles. The van der Waals surface area contributed by atoms with Crippen LogP contribution in [0.25, 0.3) is 0 Å². The first kappa shape index (κ1) is 15.9. The van der Waals surface area contributed by atoms with E-state index in [4.69, 9.17) is 15.2 Å². The Bertz CT molecular complexity index is 652. The predicted octanol–water partition coefficient (Wildman–Crippen LogP) is 2.69. The molecule has 5 nitrogen and oxygen atoms in total. The van der Waals surface area contributed by atoms with Crippen LogP contribution < -0.4 is 20.8 Å². The summed E-state index contributed by atoms with van der Waals surface area (Å²) in [6.45, 7) is 3.50. The van der Waals surface area contributed by atoms with Crippen LogP contribution in [-0.4, -0.2) is 17.8 Å². The number of nitrogen functional groups attached to an aromatic ring is 1. The van der Waals surface area contributed by atoms with E-state index in [9.17, 15) is 4.79 Å². The number of hydrogen-bond donors (Lipinski definition) is 1. The fourth-order valence-corrected chi connectivity index (χ4v) is 1.99. The second-order valence-corrected chi connectivity index (χ2v) is 4.99. The molecule has 0 amide bonds. The monoisotopic (exact) mass is 302 g/mol. The molecule has 0 radical (unpaired) electrons. The first-order valence-corrected chi connectivity index (χ1v) is 7.51. The molecule has 5 heteroatoms. The molecule has 0 unspecified atom stereocenters. The van der Waals surface area contributed by atoms with E-state index in [1.807, 2.05) is 18.2 Å². The number of aromatic nitrogens is 1. The zero-order valence-corrected chi connectivity index (χ0v) is 12.8. The smallest absolute Gasteiger partial charge is 0.292 e. The number of ether oxygens (including phenoxy) is 2. The number of nitrogens with two attached hydrogens (primary N) is 1. The van der Waals surface area contributed by atoms with Crippen molar-refractivity contribution < 1.29 is 9.47 Å². The summed E-state index contributed by atoms with van der Waals surface area (Å²) in [5.74, 6) is 1.09. The van der Waals surface area contributed by atoms with E-state index in [0.29, 0.717) is 36.9 Å². The van der Waals surface area contributed by atoms with Crippen molar-refractivity contribution in [2.24, 2.45) is 0 Å². The zero-order valence-electron chi connectivity index (χ0n) is 12.8. The van der Waals surface area contributed by atoms with Crippen LogP contribution in [0, 0.1) is 0 Å². The van der Waals surface area contributed by atoms with Crippen molar-refractivity contribution in [2.75, 3.05) is 18.9 Å². The minimum Gasteiger partial charge on any atom is -0.492 e. The number of hydrogen-bond acceptors (Lipinski definition) is 4. The Kier molecular flexibility index (Phi) is 5.89. The molecule has 0 bridgehead atoms. The standard InChI is InChI=1S/C17H22N2O3/c1-2-3-11-22-16-8-5-9-19(17(16)20)10-12-21-15-7-4-6-14(18)13-15/h4-9,13H,2-3,10-12,18H2,1H3. The van der Waals surface area contributed by atoms with Crippen LogP contribution in [0.1, 0.15) is 19.8 Å². The summed E-state index contributed by atoms with van der Waals surface area (Å²) in [4.78, 5) is 12.2. The number of pyridine rings is 1. The van der Waals surface area contributed by atoms with Crippen molar-refractivity contribution in [3.05, 3.63) is 52.9 Å². The fourth-order valence-electron chi connectivity index (χ4n) is 1.99. The van der Waals surface area contributed by atoms with Gasteiger partial charge in [-0.1, -0.05) is 19.4 Å². The van der Waals surface area contributed by atoms with Gasteiger partial charge >= 0.3 is 0 Å². The van der Waals surface area contributed by atoms with Gasteiger partial charge in [-0.2, -0.15) is 0 Å². The highest BCUT2D eigenvalue weighted by Crippen LogP contribution is 2.14. The molecule has 0 fully saturated rings. The molecule has 0 spiro atoms. The highest BCUT2D eigenvalue weighted by atomic mass is 16.5. The summed E-state index contributed by atoms with van der Waals surface area (Å²) in [5.41, 5.74) is 6.22. The maximum atomic E-state index is 12.2. The fraction of sp³-hybridized carbons (Fsp3) is 0.353. The predicted molar refractivity (Wildman–Crippen MR) is 87.5 cm³/mol. The van der Waals surface area contributed by atoms with E-state index in [0.717, 1.165) is 12.8 Å². The van der Waals surface area contributed by atoms with Crippen LogP contribution in [0.5, 0.6) is 11.5 Å². The summed E-state index contributed by atoms with van der Waals surface area (Å²) in [6.07, 6.45) is 3.71. The zero-order chi connectivity index (χ0) is 15.8. The Morgan fingerprint density at radius 3 is 2.77 bits per heavy atom. The van der Waals surface area contributed by atoms with Gasteiger partial charge < -0.3 is 19.8 Å². The molecule has 22 heavy (non-hydrogen) atoms. The van der Waals surface area contributed by atoms with Crippen LogP contribution in [-0.2, 0) is 6.54 Å². The Hall–Kier alpha value is -2.43. The van der Waals surface area contributed by atoms with E-state index < -0.39 is 0 Å². The van der Waals surface area contributed by atoms with Gasteiger partial charge in [-0.3, -0.25) is 4.79 Å². The summed E-state index contributed by atoms with van der Waals surface area (Å²) in [7, 11) is 0. The van der Waals surface area contributed by atoms with Crippen LogP contribution in [0.2, 0.25) is 0 Å². The van der Waals surface area contributed by atoms with Gasteiger partial charge in [0.2, 0.25) is 0 Å². The number of rotatable bonds is 8. The third-order valence-corrected chi connectivity index (χ3v) is 3.20. The summed E-state index contributed by atoms with van der Waals surface area (Å²) in [6, 6.07) is 10.7. The lowest BCUT2D eigenvalue weighted by Gasteiger charge is -2.10. The molecular formula is C17H22N2O3. The van der Waals surface area contributed by atoms with Gasteiger partial charge in [-0.05, 0) is 30.7 Å². The molecule has 0 saturated carbocycles. The third kappa shape index (κ3) is 4.55. The summed E-state index contributed by atoms with van der Waals surface area (Å²) in [5, 5.41) is 0. The van der Waals surface area contributed by atoms with Gasteiger partial charge in [0.25, 0.3) is 5.56 Å².